The molecule has 0 aliphatic heterocycles. The van der Waals surface area contributed by atoms with Crippen LogP contribution in [0.2, 0.25) is 0 Å². The lowest BCUT2D eigenvalue weighted by molar-refractivity contribution is -0.125. The third-order valence-electron chi connectivity index (χ3n) is 3.26. The number of nitrogens with one attached hydrogen (secondary N) is 1. The molecule has 26 heavy (non-hydrogen) atoms. The van der Waals surface area contributed by atoms with Crippen molar-refractivity contribution in [3.8, 4) is 0 Å². The van der Waals surface area contributed by atoms with E-state index in [9.17, 15) is 26.8 Å². The third-order valence-corrected chi connectivity index (χ3v) is 4.64. The number of esters is 1. The summed E-state index contributed by atoms with van der Waals surface area (Å²) in [5.41, 5.74) is 4.53. The highest BCUT2D eigenvalue weighted by Crippen LogP contribution is 2.23. The number of carbonyl (C=O) groups excluding carboxylic acids is 2. The Bertz CT molecular complexity index is 963. The van der Waals surface area contributed by atoms with E-state index in [4.69, 9.17) is 10.5 Å². The number of para-hydroxylation sites is 1. The van der Waals surface area contributed by atoms with E-state index in [2.05, 4.69) is 0 Å². The lowest BCUT2D eigenvalue weighted by atomic mass is 10.2. The zero-order chi connectivity index (χ0) is 19.5. The van der Waals surface area contributed by atoms with E-state index in [1.807, 2.05) is 4.72 Å². The quantitative estimate of drug-likeness (QED) is 0.737. The Balaban J connectivity index is 2.37. The maximum Gasteiger partial charge on any atom is 0.341 e. The van der Waals surface area contributed by atoms with Crippen molar-refractivity contribution in [1.29, 1.82) is 0 Å². The number of sulfonamides is 1. The third kappa shape index (κ3) is 4.33. The minimum atomic E-state index is -4.53. The van der Waals surface area contributed by atoms with Crippen molar-refractivity contribution in [2.45, 2.75) is 17.9 Å². The molecule has 2 aromatic rings. The first-order valence-electron chi connectivity index (χ1n) is 7.19. The van der Waals surface area contributed by atoms with Crippen molar-refractivity contribution in [3.05, 3.63) is 59.7 Å². The second-order valence-corrected chi connectivity index (χ2v) is 6.83. The zero-order valence-electron chi connectivity index (χ0n) is 13.4. The highest BCUT2D eigenvalue weighted by Gasteiger charge is 2.24. The molecule has 10 heteroatoms. The molecule has 0 heterocycles. The van der Waals surface area contributed by atoms with Gasteiger partial charge in [0.2, 0.25) is 0 Å². The van der Waals surface area contributed by atoms with Crippen molar-refractivity contribution in [2.75, 3.05) is 4.72 Å². The van der Waals surface area contributed by atoms with Gasteiger partial charge in [-0.3, -0.25) is 9.52 Å². The summed E-state index contributed by atoms with van der Waals surface area (Å²) in [4.78, 5) is 22.2. The van der Waals surface area contributed by atoms with E-state index in [-0.39, 0.29) is 11.3 Å². The summed E-state index contributed by atoms with van der Waals surface area (Å²) in [7, 11) is -4.53. The van der Waals surface area contributed by atoms with Crippen molar-refractivity contribution >= 4 is 27.6 Å². The van der Waals surface area contributed by atoms with E-state index in [0.717, 1.165) is 6.07 Å². The lowest BCUT2D eigenvalue weighted by Crippen LogP contribution is -2.30. The first-order chi connectivity index (χ1) is 12.1. The van der Waals surface area contributed by atoms with Crippen LogP contribution in [0.4, 0.5) is 14.5 Å². The van der Waals surface area contributed by atoms with Crippen LogP contribution in [0.3, 0.4) is 0 Å². The molecule has 1 amide bonds. The SMILES string of the molecule is C[C@@H](OC(=O)c1ccccc1NS(=O)(=O)c1cc(F)ccc1F)C(N)=O. The second-order valence-electron chi connectivity index (χ2n) is 5.18. The molecule has 7 nitrogen and oxygen atoms in total. The molecular weight excluding hydrogens is 370 g/mol. The van der Waals surface area contributed by atoms with Crippen LogP contribution in [0, 0.1) is 11.6 Å². The van der Waals surface area contributed by atoms with Gasteiger partial charge in [0.1, 0.15) is 16.5 Å². The molecule has 138 valence electrons. The van der Waals surface area contributed by atoms with Crippen LogP contribution in [0.15, 0.2) is 47.4 Å². The maximum absolute atomic E-state index is 13.8. The molecular formula is C16H14F2N2O5S. The smallest absolute Gasteiger partial charge is 0.341 e. The fourth-order valence-corrected chi connectivity index (χ4v) is 3.09. The topological polar surface area (TPSA) is 116 Å². The number of primary amides is 1. The molecule has 2 aromatic carbocycles. The Morgan fingerprint density at radius 3 is 2.46 bits per heavy atom. The molecule has 0 fully saturated rings. The van der Waals surface area contributed by atoms with E-state index in [0.29, 0.717) is 12.1 Å². The second kappa shape index (κ2) is 7.48. The van der Waals surface area contributed by atoms with Gasteiger partial charge in [-0.05, 0) is 37.3 Å². The molecule has 0 unspecified atom stereocenters. The first-order valence-corrected chi connectivity index (χ1v) is 8.67. The summed E-state index contributed by atoms with van der Waals surface area (Å²) in [6.07, 6.45) is -1.24. The van der Waals surface area contributed by atoms with Gasteiger partial charge < -0.3 is 10.5 Å². The van der Waals surface area contributed by atoms with Crippen molar-refractivity contribution < 1.29 is 31.5 Å². The fraction of sp³-hybridized carbons (Fsp3) is 0.125. The number of nitrogens with two attached hydrogens (primary N) is 1. The van der Waals surface area contributed by atoms with Gasteiger partial charge in [-0.1, -0.05) is 12.1 Å². The van der Waals surface area contributed by atoms with Gasteiger partial charge in [0.25, 0.3) is 15.9 Å². The fourth-order valence-electron chi connectivity index (χ4n) is 1.92. The van der Waals surface area contributed by atoms with E-state index in [1.165, 1.54) is 31.2 Å². The Kier molecular flexibility index (Phi) is 5.56. The summed E-state index contributed by atoms with van der Waals surface area (Å²) in [6.45, 7) is 1.25. The van der Waals surface area contributed by atoms with Crippen LogP contribution in [-0.2, 0) is 19.6 Å². The van der Waals surface area contributed by atoms with Crippen molar-refractivity contribution in [3.63, 3.8) is 0 Å². The largest absolute Gasteiger partial charge is 0.449 e. The van der Waals surface area contributed by atoms with Crippen LogP contribution in [0.25, 0.3) is 0 Å². The minimum absolute atomic E-state index is 0.235. The maximum atomic E-state index is 13.8. The van der Waals surface area contributed by atoms with Gasteiger partial charge in [-0.2, -0.15) is 0 Å². The molecule has 0 radical (unpaired) electrons. The Morgan fingerprint density at radius 1 is 1.15 bits per heavy atom. The van der Waals surface area contributed by atoms with Crippen molar-refractivity contribution in [2.24, 2.45) is 5.73 Å². The summed E-state index contributed by atoms with van der Waals surface area (Å²) >= 11 is 0. The van der Waals surface area contributed by atoms with Gasteiger partial charge in [0.05, 0.1) is 11.3 Å². The molecule has 3 N–H and O–H groups in total. The number of hydrogen-bond donors (Lipinski definition) is 2. The number of amides is 1. The summed E-state index contributed by atoms with van der Waals surface area (Å²) < 4.78 is 58.5. The first kappa shape index (κ1) is 19.3. The molecule has 0 aliphatic rings. The average Bonchev–Trinajstić information content (AvgIpc) is 2.56. The summed E-state index contributed by atoms with van der Waals surface area (Å²) in [5, 5.41) is 0. The Hall–Kier alpha value is -3.01. The number of anilines is 1. The predicted octanol–water partition coefficient (Wildman–Crippen LogP) is 1.80. The highest BCUT2D eigenvalue weighted by atomic mass is 32.2. The normalized spacial score (nSPS) is 12.3. The van der Waals surface area contributed by atoms with Gasteiger partial charge in [-0.15, -0.1) is 0 Å². The molecule has 0 saturated carbocycles. The van der Waals surface area contributed by atoms with Crippen LogP contribution in [0.1, 0.15) is 17.3 Å². The number of hydrogen-bond acceptors (Lipinski definition) is 5. The van der Waals surface area contributed by atoms with E-state index >= 15 is 0 Å². The van der Waals surface area contributed by atoms with Gasteiger partial charge in [0.15, 0.2) is 6.10 Å². The summed E-state index contributed by atoms with van der Waals surface area (Å²) in [5.74, 6) is -4.02. The van der Waals surface area contributed by atoms with Crippen LogP contribution in [0.5, 0.6) is 0 Å². The monoisotopic (exact) mass is 384 g/mol. The standard InChI is InChI=1S/C16H14F2N2O5S/c1-9(15(19)21)25-16(22)11-4-2-3-5-13(11)20-26(23,24)14-8-10(17)6-7-12(14)18/h2-9,20H,1H3,(H2,19,21)/t9-/m1/s1. The van der Waals surface area contributed by atoms with E-state index in [1.54, 1.807) is 0 Å². The molecule has 2 rings (SSSR count). The predicted molar refractivity (Wildman–Crippen MR) is 87.7 cm³/mol. The Labute approximate surface area is 147 Å². The summed E-state index contributed by atoms with van der Waals surface area (Å²) in [6, 6.07) is 7.23. The number of ether oxygens (including phenoxy) is 1. The molecule has 0 saturated heterocycles. The number of halogens is 2. The number of benzene rings is 2. The molecule has 1 atom stereocenters. The van der Waals surface area contributed by atoms with Gasteiger partial charge >= 0.3 is 5.97 Å². The van der Waals surface area contributed by atoms with Crippen LogP contribution >= 0.6 is 0 Å². The van der Waals surface area contributed by atoms with Crippen LogP contribution < -0.4 is 10.5 Å². The average molecular weight is 384 g/mol. The number of rotatable bonds is 6. The van der Waals surface area contributed by atoms with Crippen LogP contribution in [-0.4, -0.2) is 26.4 Å². The molecule has 0 aromatic heterocycles. The molecule has 0 bridgehead atoms. The highest BCUT2D eigenvalue weighted by molar-refractivity contribution is 7.92. The zero-order valence-corrected chi connectivity index (χ0v) is 14.2. The lowest BCUT2D eigenvalue weighted by Gasteiger charge is -2.14. The van der Waals surface area contributed by atoms with Gasteiger partial charge in [-0.25, -0.2) is 22.0 Å². The van der Waals surface area contributed by atoms with E-state index < -0.39 is 44.5 Å². The molecule has 0 spiro atoms. The van der Waals surface area contributed by atoms with Crippen molar-refractivity contribution in [1.82, 2.24) is 0 Å². The Morgan fingerprint density at radius 2 is 1.81 bits per heavy atom. The minimum Gasteiger partial charge on any atom is -0.449 e. The number of carbonyl (C=O) groups is 2. The molecule has 0 aliphatic carbocycles. The van der Waals surface area contributed by atoms with Gasteiger partial charge in [0, 0.05) is 0 Å².